The second-order valence-corrected chi connectivity index (χ2v) is 4.90. The van der Waals surface area contributed by atoms with E-state index in [9.17, 15) is 8.42 Å². The number of nitrogens with zero attached hydrogens (tertiary/aromatic N) is 2. The van der Waals surface area contributed by atoms with E-state index < -0.39 is 10.0 Å². The Kier molecular flexibility index (Phi) is 2.96. The largest absolute Gasteiger partial charge is 0.373 e. The van der Waals surface area contributed by atoms with Gasteiger partial charge in [-0.15, -0.1) is 0 Å². The van der Waals surface area contributed by atoms with Gasteiger partial charge < -0.3 is 5.32 Å². The van der Waals surface area contributed by atoms with Gasteiger partial charge in [0.2, 0.25) is 0 Å². The highest BCUT2D eigenvalue weighted by molar-refractivity contribution is 7.92. The van der Waals surface area contributed by atoms with Crippen molar-refractivity contribution in [3.05, 3.63) is 30.7 Å². The van der Waals surface area contributed by atoms with E-state index in [0.717, 1.165) is 0 Å². The third-order valence-electron chi connectivity index (χ3n) is 2.05. The highest BCUT2D eigenvalue weighted by Crippen LogP contribution is 2.16. The molecule has 0 aromatic carbocycles. The normalized spacial score (nSPS) is 11.1. The summed E-state index contributed by atoms with van der Waals surface area (Å²) < 4.78 is 26.3. The van der Waals surface area contributed by atoms with Crippen LogP contribution < -0.4 is 10.0 Å². The number of sulfonamides is 1. The summed E-state index contributed by atoms with van der Waals surface area (Å²) in [5.41, 5.74) is 0.382. The van der Waals surface area contributed by atoms with Crippen LogP contribution in [0.2, 0.25) is 0 Å². The van der Waals surface area contributed by atoms with Crippen LogP contribution in [0.25, 0.3) is 0 Å². The van der Waals surface area contributed by atoms with E-state index in [4.69, 9.17) is 0 Å². The molecule has 0 radical (unpaired) electrons. The molecule has 0 bridgehead atoms. The van der Waals surface area contributed by atoms with Gasteiger partial charge >= 0.3 is 0 Å². The van der Waals surface area contributed by atoms with Crippen LogP contribution in [0, 0.1) is 0 Å². The quantitative estimate of drug-likeness (QED) is 0.742. The summed E-state index contributed by atoms with van der Waals surface area (Å²) in [6.45, 7) is 0. The number of hydrogen-bond donors (Lipinski definition) is 3. The van der Waals surface area contributed by atoms with Crippen molar-refractivity contribution in [2.24, 2.45) is 0 Å². The summed E-state index contributed by atoms with van der Waals surface area (Å²) in [6.07, 6.45) is 4.27. The SMILES string of the molecule is CNc1cc(S(=O)(=O)Nc2cn[nH]c2)ccn1. The van der Waals surface area contributed by atoms with Crippen molar-refractivity contribution in [1.29, 1.82) is 0 Å². The van der Waals surface area contributed by atoms with Gasteiger partial charge in [0.25, 0.3) is 10.0 Å². The molecule has 0 aliphatic carbocycles. The summed E-state index contributed by atoms with van der Waals surface area (Å²) in [5.74, 6) is 0.486. The average Bonchev–Trinajstić information content (AvgIpc) is 2.81. The van der Waals surface area contributed by atoms with Crippen LogP contribution in [0.15, 0.2) is 35.6 Å². The number of rotatable bonds is 4. The van der Waals surface area contributed by atoms with Gasteiger partial charge in [0.1, 0.15) is 5.82 Å². The van der Waals surface area contributed by atoms with Gasteiger partial charge in [-0.3, -0.25) is 9.82 Å². The molecule has 0 amide bonds. The van der Waals surface area contributed by atoms with Crippen molar-refractivity contribution in [2.75, 3.05) is 17.1 Å². The minimum atomic E-state index is -3.61. The Labute approximate surface area is 98.3 Å². The maximum Gasteiger partial charge on any atom is 0.262 e. The number of hydrogen-bond acceptors (Lipinski definition) is 5. The molecule has 0 fully saturated rings. The fourth-order valence-corrected chi connectivity index (χ4v) is 2.28. The lowest BCUT2D eigenvalue weighted by Crippen LogP contribution is -2.13. The molecule has 0 unspecified atom stereocenters. The molecule has 2 aromatic rings. The molecular formula is C9H11N5O2S. The zero-order valence-electron chi connectivity index (χ0n) is 9.01. The van der Waals surface area contributed by atoms with Crippen molar-refractivity contribution >= 4 is 21.5 Å². The van der Waals surface area contributed by atoms with Gasteiger partial charge in [-0.05, 0) is 6.07 Å². The fourth-order valence-electron chi connectivity index (χ4n) is 1.24. The van der Waals surface area contributed by atoms with Crippen LogP contribution in [0.1, 0.15) is 0 Å². The lowest BCUT2D eigenvalue weighted by atomic mass is 10.5. The molecule has 8 heteroatoms. The summed E-state index contributed by atoms with van der Waals surface area (Å²) in [6, 6.07) is 2.87. The van der Waals surface area contributed by atoms with Gasteiger partial charge in [0.05, 0.1) is 16.8 Å². The maximum atomic E-state index is 12.0. The Hall–Kier alpha value is -2.09. The Morgan fingerprint density at radius 1 is 1.41 bits per heavy atom. The predicted molar refractivity (Wildman–Crippen MR) is 63.2 cm³/mol. The van der Waals surface area contributed by atoms with E-state index in [1.54, 1.807) is 7.05 Å². The summed E-state index contributed by atoms with van der Waals surface area (Å²) in [5, 5.41) is 8.96. The van der Waals surface area contributed by atoms with Crippen LogP contribution in [-0.4, -0.2) is 30.6 Å². The average molecular weight is 253 g/mol. The topological polar surface area (TPSA) is 99.8 Å². The van der Waals surface area contributed by atoms with Crippen LogP contribution in [-0.2, 0) is 10.0 Å². The smallest absolute Gasteiger partial charge is 0.262 e. The zero-order valence-corrected chi connectivity index (χ0v) is 9.82. The third-order valence-corrected chi connectivity index (χ3v) is 3.43. The molecule has 7 nitrogen and oxygen atoms in total. The van der Waals surface area contributed by atoms with Gasteiger partial charge in [-0.2, -0.15) is 5.10 Å². The highest BCUT2D eigenvalue weighted by atomic mass is 32.2. The monoisotopic (exact) mass is 253 g/mol. The number of nitrogens with one attached hydrogen (secondary N) is 3. The minimum Gasteiger partial charge on any atom is -0.373 e. The maximum absolute atomic E-state index is 12.0. The molecule has 0 aliphatic heterocycles. The molecule has 2 rings (SSSR count). The molecule has 0 aliphatic rings. The second-order valence-electron chi connectivity index (χ2n) is 3.22. The second kappa shape index (κ2) is 4.42. The van der Waals surface area contributed by atoms with Gasteiger partial charge in [-0.25, -0.2) is 13.4 Å². The molecular weight excluding hydrogens is 242 g/mol. The zero-order chi connectivity index (χ0) is 12.3. The first-order valence-corrected chi connectivity index (χ1v) is 6.25. The van der Waals surface area contributed by atoms with Crippen LogP contribution in [0.4, 0.5) is 11.5 Å². The Morgan fingerprint density at radius 3 is 2.88 bits per heavy atom. The first-order valence-electron chi connectivity index (χ1n) is 4.77. The van der Waals surface area contributed by atoms with Crippen LogP contribution in [0.5, 0.6) is 0 Å². The van der Waals surface area contributed by atoms with Gasteiger partial charge in [0.15, 0.2) is 0 Å². The van der Waals surface area contributed by atoms with E-state index in [2.05, 4.69) is 25.2 Å². The summed E-state index contributed by atoms with van der Waals surface area (Å²) >= 11 is 0. The molecule has 17 heavy (non-hydrogen) atoms. The fraction of sp³-hybridized carbons (Fsp3) is 0.111. The minimum absolute atomic E-state index is 0.137. The van der Waals surface area contributed by atoms with Crippen molar-refractivity contribution < 1.29 is 8.42 Å². The third kappa shape index (κ3) is 2.53. The van der Waals surface area contributed by atoms with Gasteiger partial charge in [-0.1, -0.05) is 0 Å². The molecule has 90 valence electrons. The number of pyridine rings is 1. The molecule has 2 aromatic heterocycles. The van der Waals surface area contributed by atoms with Crippen molar-refractivity contribution in [1.82, 2.24) is 15.2 Å². The van der Waals surface area contributed by atoms with Crippen LogP contribution in [0.3, 0.4) is 0 Å². The van der Waals surface area contributed by atoms with Crippen molar-refractivity contribution in [3.8, 4) is 0 Å². The van der Waals surface area contributed by atoms with Crippen molar-refractivity contribution in [3.63, 3.8) is 0 Å². The summed E-state index contributed by atoms with van der Waals surface area (Å²) in [7, 11) is -1.94. The van der Waals surface area contributed by atoms with E-state index >= 15 is 0 Å². The van der Waals surface area contributed by atoms with E-state index in [-0.39, 0.29) is 4.90 Å². The van der Waals surface area contributed by atoms with Gasteiger partial charge in [0, 0.05) is 25.5 Å². The lowest BCUT2D eigenvalue weighted by Gasteiger charge is -2.06. The number of aromatic amines is 1. The predicted octanol–water partition coefficient (Wildman–Crippen LogP) is 0.647. The standard InChI is InChI=1S/C9H11N5O2S/c1-10-9-4-8(2-3-11-9)17(15,16)14-7-5-12-13-6-7/h2-6,14H,1H3,(H,10,11)(H,12,13). The number of aromatic nitrogens is 3. The summed E-state index contributed by atoms with van der Waals surface area (Å²) in [4.78, 5) is 4.08. The van der Waals surface area contributed by atoms with E-state index in [1.807, 2.05) is 0 Å². The molecule has 0 saturated heterocycles. The highest BCUT2D eigenvalue weighted by Gasteiger charge is 2.15. The first-order chi connectivity index (χ1) is 8.12. The molecule has 2 heterocycles. The first kappa shape index (κ1) is 11.4. The van der Waals surface area contributed by atoms with Crippen LogP contribution >= 0.6 is 0 Å². The van der Waals surface area contributed by atoms with Crippen molar-refractivity contribution in [2.45, 2.75) is 4.90 Å². The number of anilines is 2. The molecule has 3 N–H and O–H groups in total. The molecule has 0 saturated carbocycles. The number of H-pyrrole nitrogens is 1. The Morgan fingerprint density at radius 2 is 2.24 bits per heavy atom. The Balaban J connectivity index is 2.31. The van der Waals surface area contributed by atoms with E-state index in [0.29, 0.717) is 11.5 Å². The van der Waals surface area contributed by atoms with E-state index in [1.165, 1.54) is 30.7 Å². The Bertz CT molecular complexity index is 594. The molecule has 0 spiro atoms. The lowest BCUT2D eigenvalue weighted by molar-refractivity contribution is 0.601. The molecule has 0 atom stereocenters.